The van der Waals surface area contributed by atoms with Gasteiger partial charge in [-0.1, -0.05) is 29.8 Å². The summed E-state index contributed by atoms with van der Waals surface area (Å²) in [4.78, 5) is 19.3. The van der Waals surface area contributed by atoms with E-state index in [-0.39, 0.29) is 36.6 Å². The molecule has 1 aliphatic heterocycles. The Labute approximate surface area is 271 Å². The Kier molecular flexibility index (Phi) is 11.0. The second-order valence-corrected chi connectivity index (χ2v) is 11.1. The average molecular weight is 646 g/mol. The number of anilines is 3. The summed E-state index contributed by atoms with van der Waals surface area (Å²) >= 11 is 6.54. The molecule has 3 N–H and O–H groups in total. The summed E-state index contributed by atoms with van der Waals surface area (Å²) in [5, 5.41) is 26.1. The Balaban J connectivity index is 1.43. The Morgan fingerprint density at radius 1 is 1.26 bits per heavy atom. The van der Waals surface area contributed by atoms with Gasteiger partial charge in [-0.25, -0.2) is 4.39 Å². The average Bonchev–Trinajstić information content (AvgIpc) is 3.55. The van der Waals surface area contributed by atoms with Crippen molar-refractivity contribution in [2.75, 3.05) is 50.6 Å². The third-order valence-corrected chi connectivity index (χ3v) is 7.48. The number of amides is 1. The van der Waals surface area contributed by atoms with Gasteiger partial charge >= 0.3 is 0 Å². The second-order valence-electron chi connectivity index (χ2n) is 10.7. The van der Waals surface area contributed by atoms with Crippen LogP contribution >= 0.6 is 11.6 Å². The quantitative estimate of drug-likeness (QED) is 0.154. The number of nitrogens with zero attached hydrogens (tertiary/aromatic N) is 3. The zero-order chi connectivity index (χ0) is 32.5. The number of nitrogens with one attached hydrogen (secondary N) is 2. The lowest BCUT2D eigenvalue weighted by Crippen LogP contribution is -2.22. The molecule has 4 aromatic rings. The van der Waals surface area contributed by atoms with Crippen LogP contribution in [0.5, 0.6) is 11.5 Å². The van der Waals surface area contributed by atoms with E-state index < -0.39 is 0 Å². The van der Waals surface area contributed by atoms with Gasteiger partial charge in [0.1, 0.15) is 36.1 Å². The topological polar surface area (TPSA) is 129 Å². The number of carbonyl (C=O) groups excluding carboxylic acids is 1. The van der Waals surface area contributed by atoms with Crippen LogP contribution in [-0.2, 0) is 16.1 Å². The molecule has 1 unspecified atom stereocenters. The van der Waals surface area contributed by atoms with E-state index in [0.717, 1.165) is 0 Å². The first kappa shape index (κ1) is 32.7. The maximum atomic E-state index is 13.5. The fraction of sp³-hybridized carbons (Fsp3) is 0.265. The van der Waals surface area contributed by atoms with Crippen molar-refractivity contribution in [3.05, 3.63) is 94.9 Å². The monoisotopic (exact) mass is 645 g/mol. The van der Waals surface area contributed by atoms with Crippen LogP contribution in [0.2, 0.25) is 5.02 Å². The highest BCUT2D eigenvalue weighted by atomic mass is 35.5. The van der Waals surface area contributed by atoms with Crippen molar-refractivity contribution >= 4 is 45.5 Å². The summed E-state index contributed by atoms with van der Waals surface area (Å²) in [5.41, 5.74) is 2.92. The molecule has 1 fully saturated rings. The number of rotatable bonds is 13. The number of aromatic nitrogens is 1. The Morgan fingerprint density at radius 3 is 2.87 bits per heavy atom. The van der Waals surface area contributed by atoms with Gasteiger partial charge in [0.2, 0.25) is 5.91 Å². The lowest BCUT2D eigenvalue weighted by atomic mass is 10.1. The number of benzene rings is 3. The molecule has 0 radical (unpaired) electrons. The number of aliphatic hydroxyl groups is 1. The van der Waals surface area contributed by atoms with E-state index in [0.29, 0.717) is 82.8 Å². The first-order valence-electron chi connectivity index (χ1n) is 14.6. The van der Waals surface area contributed by atoms with Crippen LogP contribution in [0.25, 0.3) is 10.9 Å². The van der Waals surface area contributed by atoms with Crippen molar-refractivity contribution < 1.29 is 28.5 Å². The van der Waals surface area contributed by atoms with Crippen molar-refractivity contribution in [2.45, 2.75) is 19.1 Å². The number of hydrogen-bond donors (Lipinski definition) is 3. The molecule has 0 aliphatic carbocycles. The highest BCUT2D eigenvalue weighted by molar-refractivity contribution is 6.32. The zero-order valence-corrected chi connectivity index (χ0v) is 25.9. The molecule has 1 amide bonds. The molecule has 1 saturated heterocycles. The molecule has 1 aliphatic rings. The number of fused-ring (bicyclic) bond motifs is 1. The van der Waals surface area contributed by atoms with Gasteiger partial charge in [-0.3, -0.25) is 9.78 Å². The van der Waals surface area contributed by atoms with E-state index >= 15 is 0 Å². The van der Waals surface area contributed by atoms with Crippen molar-refractivity contribution in [2.24, 2.45) is 0 Å². The second kappa shape index (κ2) is 15.5. The van der Waals surface area contributed by atoms with E-state index in [1.165, 1.54) is 24.4 Å². The summed E-state index contributed by atoms with van der Waals surface area (Å²) in [6, 6.07) is 16.8. The van der Waals surface area contributed by atoms with E-state index in [1.54, 1.807) is 48.5 Å². The molecule has 5 rings (SSSR count). The molecule has 0 saturated carbocycles. The third-order valence-electron chi connectivity index (χ3n) is 7.18. The molecule has 0 spiro atoms. The summed E-state index contributed by atoms with van der Waals surface area (Å²) < 4.78 is 31.0. The van der Waals surface area contributed by atoms with Gasteiger partial charge < -0.3 is 34.9 Å². The normalized spacial score (nSPS) is 14.5. The van der Waals surface area contributed by atoms with Gasteiger partial charge in [0.15, 0.2) is 0 Å². The SMILES string of the molecule is CN(CC=CC(=O)Nc1cc2c(Nc3ccc(OCc4cccc(F)c4)c(Cl)c3)c(C#N)cnc2cc1OC1CCOC1)CCO. The maximum absolute atomic E-state index is 13.5. The third kappa shape index (κ3) is 8.50. The molecule has 0 bridgehead atoms. The van der Waals surface area contributed by atoms with Crippen LogP contribution in [0.1, 0.15) is 17.5 Å². The van der Waals surface area contributed by atoms with Gasteiger partial charge in [-0.15, -0.1) is 0 Å². The van der Waals surface area contributed by atoms with Gasteiger partial charge in [-0.05, 0) is 49.0 Å². The zero-order valence-electron chi connectivity index (χ0n) is 25.1. The van der Waals surface area contributed by atoms with E-state index in [1.807, 2.05) is 11.9 Å². The summed E-state index contributed by atoms with van der Waals surface area (Å²) in [6.45, 7) is 2.14. The molecule has 3 aromatic carbocycles. The van der Waals surface area contributed by atoms with Crippen LogP contribution in [0.3, 0.4) is 0 Å². The van der Waals surface area contributed by atoms with E-state index in [9.17, 15) is 14.4 Å². The Morgan fingerprint density at radius 2 is 2.13 bits per heavy atom. The van der Waals surface area contributed by atoms with Crippen LogP contribution in [0, 0.1) is 17.1 Å². The largest absolute Gasteiger partial charge is 0.487 e. The molecule has 1 aromatic heterocycles. The summed E-state index contributed by atoms with van der Waals surface area (Å²) in [6.07, 6.45) is 5.11. The number of likely N-dealkylation sites (N-methyl/N-ethyl adjacent to an activating group) is 1. The molecular weight excluding hydrogens is 613 g/mol. The number of hydrogen-bond acceptors (Lipinski definition) is 9. The van der Waals surface area contributed by atoms with Gasteiger partial charge in [-0.2, -0.15) is 5.26 Å². The smallest absolute Gasteiger partial charge is 0.248 e. The first-order chi connectivity index (χ1) is 22.3. The molecule has 10 nitrogen and oxygen atoms in total. The fourth-order valence-electron chi connectivity index (χ4n) is 4.82. The van der Waals surface area contributed by atoms with Gasteiger partial charge in [0, 0.05) is 48.9 Å². The van der Waals surface area contributed by atoms with Crippen molar-refractivity contribution in [1.29, 1.82) is 5.26 Å². The number of nitriles is 1. The standard InChI is InChI=1S/C34H33ClFN5O5/c1-41(11-12-42)10-3-6-33(43)40-30-16-27-29(17-32(30)46-26-9-13-44-21-26)38-19-23(18-37)34(27)39-25-7-8-31(28(35)15-25)45-20-22-4-2-5-24(36)14-22/h2-8,14-17,19,26,42H,9-13,20-21H2,1H3,(H,38,39)(H,40,43). The van der Waals surface area contributed by atoms with Gasteiger partial charge in [0.25, 0.3) is 0 Å². The number of halogens is 2. The predicted octanol–water partition coefficient (Wildman–Crippen LogP) is 5.81. The number of aliphatic hydroxyl groups excluding tert-OH is 1. The minimum Gasteiger partial charge on any atom is -0.487 e. The Bertz CT molecular complexity index is 1770. The molecule has 12 heteroatoms. The maximum Gasteiger partial charge on any atom is 0.248 e. The fourth-order valence-corrected chi connectivity index (χ4v) is 5.06. The molecule has 1 atom stereocenters. The van der Waals surface area contributed by atoms with Gasteiger partial charge in [0.05, 0.1) is 47.3 Å². The molecule has 238 valence electrons. The molecular formula is C34H33ClFN5O5. The highest BCUT2D eigenvalue weighted by Gasteiger charge is 2.21. The summed E-state index contributed by atoms with van der Waals surface area (Å²) in [7, 11) is 1.84. The number of pyridine rings is 1. The lowest BCUT2D eigenvalue weighted by molar-refractivity contribution is -0.111. The minimum absolute atomic E-state index is 0.0228. The van der Waals surface area contributed by atoms with Crippen molar-refractivity contribution in [3.8, 4) is 17.6 Å². The van der Waals surface area contributed by atoms with Crippen LogP contribution in [0.15, 0.2) is 72.9 Å². The van der Waals surface area contributed by atoms with Crippen molar-refractivity contribution in [3.63, 3.8) is 0 Å². The van der Waals surface area contributed by atoms with E-state index in [4.69, 9.17) is 30.9 Å². The lowest BCUT2D eigenvalue weighted by Gasteiger charge is -2.19. The predicted molar refractivity (Wildman–Crippen MR) is 174 cm³/mol. The van der Waals surface area contributed by atoms with Crippen LogP contribution in [0.4, 0.5) is 21.5 Å². The molecule has 2 heterocycles. The van der Waals surface area contributed by atoms with Crippen LogP contribution < -0.4 is 20.1 Å². The Hall–Kier alpha value is -4.73. The number of carbonyl (C=O) groups is 1. The summed E-state index contributed by atoms with van der Waals surface area (Å²) in [5.74, 6) is 0.115. The van der Waals surface area contributed by atoms with Crippen molar-refractivity contribution in [1.82, 2.24) is 9.88 Å². The van der Waals surface area contributed by atoms with Crippen LogP contribution in [-0.4, -0.2) is 67.0 Å². The first-order valence-corrected chi connectivity index (χ1v) is 15.0. The highest BCUT2D eigenvalue weighted by Crippen LogP contribution is 2.38. The number of ether oxygens (including phenoxy) is 3. The minimum atomic E-state index is -0.371. The van der Waals surface area contributed by atoms with E-state index in [2.05, 4.69) is 21.7 Å². The molecule has 46 heavy (non-hydrogen) atoms.